The van der Waals surface area contributed by atoms with Crippen molar-refractivity contribution in [2.45, 2.75) is 25.9 Å². The van der Waals surface area contributed by atoms with Crippen LogP contribution in [0.25, 0.3) is 22.0 Å². The molecule has 0 saturated heterocycles. The third-order valence-electron chi connectivity index (χ3n) is 5.90. The fourth-order valence-corrected chi connectivity index (χ4v) is 4.44. The van der Waals surface area contributed by atoms with Gasteiger partial charge < -0.3 is 14.5 Å². The molecule has 5 rings (SSSR count). The number of hydrogen-bond acceptors (Lipinski definition) is 4. The van der Waals surface area contributed by atoms with Crippen LogP contribution < -0.4 is 10.9 Å². The van der Waals surface area contributed by atoms with Crippen LogP contribution in [-0.4, -0.2) is 33.0 Å². The largest absolute Gasteiger partial charge is 0.337 e. The number of imidazole rings is 1. The lowest BCUT2D eigenvalue weighted by Crippen LogP contribution is -2.26. The molecular formula is C25H26Cl2N4O2. The number of carbonyl (C=O) groups excluding carboxylic acids is 1. The molecule has 0 fully saturated rings. The lowest BCUT2D eigenvalue weighted by Gasteiger charge is -2.15. The van der Waals surface area contributed by atoms with Gasteiger partial charge in [-0.3, -0.25) is 9.59 Å². The molecule has 4 aromatic rings. The molecule has 8 heteroatoms. The highest BCUT2D eigenvalue weighted by Gasteiger charge is 2.31. The summed E-state index contributed by atoms with van der Waals surface area (Å²) >= 11 is 0. The van der Waals surface area contributed by atoms with Crippen LogP contribution in [0.15, 0.2) is 72.0 Å². The van der Waals surface area contributed by atoms with E-state index in [0.29, 0.717) is 23.1 Å². The molecule has 2 aromatic carbocycles. The number of ketones is 1. The summed E-state index contributed by atoms with van der Waals surface area (Å²) in [6.45, 7) is 3.23. The molecule has 1 aliphatic carbocycles. The molecule has 0 saturated carbocycles. The molecule has 1 N–H and O–H groups in total. The topological polar surface area (TPSA) is 68.9 Å². The zero-order valence-electron chi connectivity index (χ0n) is 18.1. The van der Waals surface area contributed by atoms with Gasteiger partial charge in [0, 0.05) is 47.4 Å². The Morgan fingerprint density at radius 2 is 1.48 bits per heavy atom. The van der Waals surface area contributed by atoms with Crippen molar-refractivity contribution in [3.8, 4) is 11.3 Å². The molecule has 2 aromatic heterocycles. The SMILES string of the molecule is Cl.Cl.O=C1c2ccccc2-c2c1c1ccccc1c(=O)n2CCCNCCCn1ccnc1. The summed E-state index contributed by atoms with van der Waals surface area (Å²) in [5.74, 6) is 0.00757. The Kier molecular flexibility index (Phi) is 8.08. The van der Waals surface area contributed by atoms with Crippen LogP contribution in [0.3, 0.4) is 0 Å². The van der Waals surface area contributed by atoms with Gasteiger partial charge in [0.15, 0.2) is 5.78 Å². The van der Waals surface area contributed by atoms with Crippen molar-refractivity contribution in [3.63, 3.8) is 0 Å². The molecule has 2 heterocycles. The highest BCUT2D eigenvalue weighted by Crippen LogP contribution is 2.39. The van der Waals surface area contributed by atoms with Gasteiger partial charge in [-0.25, -0.2) is 4.98 Å². The van der Waals surface area contributed by atoms with Crippen LogP contribution in [-0.2, 0) is 13.1 Å². The van der Waals surface area contributed by atoms with Crippen LogP contribution in [0.5, 0.6) is 0 Å². The van der Waals surface area contributed by atoms with Crippen molar-refractivity contribution >= 4 is 41.4 Å². The van der Waals surface area contributed by atoms with Crippen molar-refractivity contribution in [3.05, 3.63) is 88.7 Å². The Hall–Kier alpha value is -2.93. The average Bonchev–Trinajstić information content (AvgIpc) is 3.42. The minimum absolute atomic E-state index is 0. The maximum absolute atomic E-state index is 13.3. The first-order chi connectivity index (χ1) is 15.3. The first kappa shape index (κ1) is 24.7. The molecule has 172 valence electrons. The number of fused-ring (bicyclic) bond motifs is 5. The van der Waals surface area contributed by atoms with Gasteiger partial charge in [-0.15, -0.1) is 24.8 Å². The van der Waals surface area contributed by atoms with Gasteiger partial charge in [0.2, 0.25) is 0 Å². The lowest BCUT2D eigenvalue weighted by molar-refractivity contribution is 0.104. The number of aromatic nitrogens is 3. The van der Waals surface area contributed by atoms with E-state index in [-0.39, 0.29) is 36.2 Å². The number of nitrogens with one attached hydrogen (secondary N) is 1. The Labute approximate surface area is 204 Å². The van der Waals surface area contributed by atoms with Gasteiger partial charge in [0.1, 0.15) is 0 Å². The van der Waals surface area contributed by atoms with Crippen LogP contribution in [0.1, 0.15) is 28.8 Å². The fraction of sp³-hybridized carbons (Fsp3) is 0.240. The van der Waals surface area contributed by atoms with Crippen LogP contribution >= 0.6 is 24.8 Å². The molecular weight excluding hydrogens is 459 g/mol. The third kappa shape index (κ3) is 4.60. The third-order valence-corrected chi connectivity index (χ3v) is 5.90. The summed E-state index contributed by atoms with van der Waals surface area (Å²) in [5.41, 5.74) is 2.94. The average molecular weight is 485 g/mol. The predicted molar refractivity (Wildman–Crippen MR) is 136 cm³/mol. The van der Waals surface area contributed by atoms with E-state index in [9.17, 15) is 9.59 Å². The van der Waals surface area contributed by atoms with Gasteiger partial charge in [-0.2, -0.15) is 0 Å². The van der Waals surface area contributed by atoms with Gasteiger partial charge in [0.05, 0.1) is 17.6 Å². The second-order valence-electron chi connectivity index (χ2n) is 7.86. The van der Waals surface area contributed by atoms with Crippen LogP contribution in [0, 0.1) is 0 Å². The van der Waals surface area contributed by atoms with Gasteiger partial charge in [-0.1, -0.05) is 42.5 Å². The summed E-state index contributed by atoms with van der Waals surface area (Å²) in [6.07, 6.45) is 7.41. The molecule has 33 heavy (non-hydrogen) atoms. The second-order valence-corrected chi connectivity index (χ2v) is 7.86. The standard InChI is InChI=1S/C25H24N4O2.2ClH/c30-24-20-9-3-2-8-19(20)23-22(24)18-7-1-4-10-21(18)25(31)29(23)15-6-12-26-11-5-14-28-16-13-27-17-28;;/h1-4,7-10,13,16-17,26H,5-6,11-12,14-15H2;2*1H. The quantitative estimate of drug-likeness (QED) is 0.333. The molecule has 0 radical (unpaired) electrons. The Morgan fingerprint density at radius 1 is 0.818 bits per heavy atom. The van der Waals surface area contributed by atoms with E-state index in [4.69, 9.17) is 0 Å². The number of pyridine rings is 1. The highest BCUT2D eigenvalue weighted by molar-refractivity contribution is 6.26. The van der Waals surface area contributed by atoms with Crippen molar-refractivity contribution in [2.75, 3.05) is 13.1 Å². The Bertz CT molecular complexity index is 1320. The minimum Gasteiger partial charge on any atom is -0.337 e. The zero-order valence-corrected chi connectivity index (χ0v) is 19.7. The van der Waals surface area contributed by atoms with Gasteiger partial charge >= 0.3 is 0 Å². The summed E-state index contributed by atoms with van der Waals surface area (Å²) in [6, 6.07) is 15.0. The smallest absolute Gasteiger partial charge is 0.258 e. The number of hydrogen-bond donors (Lipinski definition) is 1. The monoisotopic (exact) mass is 484 g/mol. The van der Waals surface area contributed by atoms with Crippen molar-refractivity contribution < 1.29 is 4.79 Å². The summed E-state index contributed by atoms with van der Waals surface area (Å²) < 4.78 is 3.86. The molecule has 0 amide bonds. The first-order valence-electron chi connectivity index (χ1n) is 10.7. The van der Waals surface area contributed by atoms with E-state index in [0.717, 1.165) is 49.1 Å². The maximum atomic E-state index is 13.3. The van der Waals surface area contributed by atoms with E-state index in [1.165, 1.54) is 0 Å². The summed E-state index contributed by atoms with van der Waals surface area (Å²) in [7, 11) is 0. The maximum Gasteiger partial charge on any atom is 0.258 e. The van der Waals surface area contributed by atoms with Crippen molar-refractivity contribution in [2.24, 2.45) is 0 Å². The van der Waals surface area contributed by atoms with Crippen molar-refractivity contribution in [1.29, 1.82) is 0 Å². The number of rotatable bonds is 8. The first-order valence-corrected chi connectivity index (χ1v) is 10.7. The highest BCUT2D eigenvalue weighted by atomic mass is 35.5. The Morgan fingerprint density at radius 3 is 2.21 bits per heavy atom. The minimum atomic E-state index is -0.0287. The number of halogens is 2. The van der Waals surface area contributed by atoms with Gasteiger partial charge in [-0.05, 0) is 32.0 Å². The van der Waals surface area contributed by atoms with Crippen LogP contribution in [0.4, 0.5) is 0 Å². The number of benzene rings is 2. The van der Waals surface area contributed by atoms with E-state index in [1.54, 1.807) is 10.8 Å². The number of nitrogens with zero attached hydrogens (tertiary/aromatic N) is 3. The summed E-state index contributed by atoms with van der Waals surface area (Å²) in [4.78, 5) is 30.6. The fourth-order valence-electron chi connectivity index (χ4n) is 4.44. The van der Waals surface area contributed by atoms with E-state index < -0.39 is 0 Å². The lowest BCUT2D eigenvalue weighted by atomic mass is 10.0. The molecule has 0 atom stereocenters. The molecule has 0 spiro atoms. The van der Waals surface area contributed by atoms with Crippen molar-refractivity contribution in [1.82, 2.24) is 19.4 Å². The molecule has 6 nitrogen and oxygen atoms in total. The second kappa shape index (κ2) is 10.8. The zero-order chi connectivity index (χ0) is 21.2. The normalized spacial score (nSPS) is 11.6. The molecule has 0 unspecified atom stereocenters. The van der Waals surface area contributed by atoms with E-state index >= 15 is 0 Å². The van der Waals surface area contributed by atoms with Gasteiger partial charge in [0.25, 0.3) is 5.56 Å². The van der Waals surface area contributed by atoms with E-state index in [2.05, 4.69) is 14.9 Å². The number of carbonyl (C=O) groups is 1. The molecule has 0 aliphatic heterocycles. The molecule has 0 bridgehead atoms. The Balaban J connectivity index is 0.00000153. The van der Waals surface area contributed by atoms with E-state index in [1.807, 2.05) is 61.1 Å². The molecule has 1 aliphatic rings. The predicted octanol–water partition coefficient (Wildman–Crippen LogP) is 4.32. The van der Waals surface area contributed by atoms with Crippen LogP contribution in [0.2, 0.25) is 0 Å². The summed E-state index contributed by atoms with van der Waals surface area (Å²) in [5, 5.41) is 4.81. The number of aryl methyl sites for hydroxylation is 1.